The Morgan fingerprint density at radius 2 is 2.30 bits per heavy atom. The topological polar surface area (TPSA) is 26.3 Å². The molecule has 0 aromatic heterocycles. The second-order valence-electron chi connectivity index (χ2n) is 1.73. The van der Waals surface area contributed by atoms with E-state index in [1.54, 1.807) is 0 Å². The first-order valence-electron chi connectivity index (χ1n) is 3.10. The van der Waals surface area contributed by atoms with Crippen LogP contribution in [0.15, 0.2) is 12.7 Å². The molecule has 2 nitrogen and oxygen atoms in total. The summed E-state index contributed by atoms with van der Waals surface area (Å²) in [6.07, 6.45) is 3.15. The third-order valence-corrected chi connectivity index (χ3v) is 0.909. The van der Waals surface area contributed by atoms with Crippen molar-refractivity contribution in [3.63, 3.8) is 0 Å². The van der Waals surface area contributed by atoms with Crippen molar-refractivity contribution < 1.29 is 9.53 Å². The number of hydrogen-bond donors (Lipinski definition) is 0. The number of ether oxygens (including phenoxy) is 1. The second kappa shape index (κ2) is 9.85. The van der Waals surface area contributed by atoms with Crippen molar-refractivity contribution in [3.05, 3.63) is 12.7 Å². The molecule has 0 aliphatic carbocycles. The van der Waals surface area contributed by atoms with Crippen LogP contribution in [-0.4, -0.2) is 64.0 Å². The van der Waals surface area contributed by atoms with E-state index >= 15 is 0 Å². The zero-order valence-electron chi connectivity index (χ0n) is 6.72. The molecular weight excluding hydrogens is 155 g/mol. The summed E-state index contributed by atoms with van der Waals surface area (Å²) in [7, 11) is 0. The Labute approximate surface area is 104 Å². The second-order valence-corrected chi connectivity index (χ2v) is 1.73. The summed E-state index contributed by atoms with van der Waals surface area (Å²) in [5, 5.41) is 0. The Morgan fingerprint density at radius 3 is 2.70 bits per heavy atom. The number of carbonyl (C=O) groups excluding carboxylic acids is 1. The minimum atomic E-state index is -0.330. The zero-order valence-corrected chi connectivity index (χ0v) is 9.85. The van der Waals surface area contributed by atoms with Crippen molar-refractivity contribution in [2.45, 2.75) is 19.8 Å². The van der Waals surface area contributed by atoms with Gasteiger partial charge in [0.25, 0.3) is 0 Å². The zero-order chi connectivity index (χ0) is 7.11. The summed E-state index contributed by atoms with van der Waals surface area (Å²) in [6.45, 7) is 5.82. The molecule has 0 saturated heterocycles. The van der Waals surface area contributed by atoms with E-state index in [-0.39, 0.29) is 57.4 Å². The van der Waals surface area contributed by atoms with Gasteiger partial charge in [-0.1, -0.05) is 19.9 Å². The maximum Gasteiger partial charge on any atom is 0.330 e. The van der Waals surface area contributed by atoms with Crippen LogP contribution < -0.4 is 0 Å². The summed E-state index contributed by atoms with van der Waals surface area (Å²) in [4.78, 5) is 10.3. The average molecular weight is 167 g/mol. The molecule has 0 aromatic carbocycles. The van der Waals surface area contributed by atoms with Gasteiger partial charge in [0.2, 0.25) is 0 Å². The van der Waals surface area contributed by atoms with Crippen molar-refractivity contribution in [2.75, 3.05) is 6.61 Å². The smallest absolute Gasteiger partial charge is 0.330 e. The van der Waals surface area contributed by atoms with Gasteiger partial charge >= 0.3 is 5.97 Å². The molecule has 1 radical (unpaired) electrons. The maximum absolute atomic E-state index is 10.3. The van der Waals surface area contributed by atoms with Crippen molar-refractivity contribution in [1.29, 1.82) is 0 Å². The Bertz CT molecular complexity index is 102. The van der Waals surface area contributed by atoms with Gasteiger partial charge in [0.05, 0.1) is 6.61 Å². The van der Waals surface area contributed by atoms with Gasteiger partial charge < -0.3 is 4.74 Å². The van der Waals surface area contributed by atoms with Gasteiger partial charge in [-0.25, -0.2) is 4.79 Å². The van der Waals surface area contributed by atoms with Gasteiger partial charge in [-0.15, -0.1) is 0 Å². The Kier molecular flexibility index (Phi) is 13.2. The molecular formula is C7H12KO2. The summed E-state index contributed by atoms with van der Waals surface area (Å²) >= 11 is 0. The maximum atomic E-state index is 10.3. The van der Waals surface area contributed by atoms with E-state index in [1.807, 2.05) is 6.92 Å². The van der Waals surface area contributed by atoms with Crippen molar-refractivity contribution in [2.24, 2.45) is 0 Å². The molecule has 0 atom stereocenters. The predicted octanol–water partition coefficient (Wildman–Crippen LogP) is 1.13. The first-order valence-corrected chi connectivity index (χ1v) is 3.10. The number of unbranched alkanes of at least 4 members (excludes halogenated alkanes) is 1. The minimum Gasteiger partial charge on any atom is -0.463 e. The van der Waals surface area contributed by atoms with Gasteiger partial charge in [0, 0.05) is 57.5 Å². The van der Waals surface area contributed by atoms with Crippen LogP contribution in [0.5, 0.6) is 0 Å². The standard InChI is InChI=1S/C7H12O2.K/c1-3-5-6-9-7(8)4-2;/h4H,2-3,5-6H2,1H3;. The number of rotatable bonds is 4. The Morgan fingerprint density at radius 1 is 1.70 bits per heavy atom. The molecule has 0 bridgehead atoms. The minimum absolute atomic E-state index is 0. The molecule has 0 heterocycles. The molecule has 0 fully saturated rings. The fourth-order valence-electron chi connectivity index (χ4n) is 0.376. The van der Waals surface area contributed by atoms with Crippen LogP contribution in [0.3, 0.4) is 0 Å². The molecule has 53 valence electrons. The fourth-order valence-corrected chi connectivity index (χ4v) is 0.376. The molecule has 0 spiro atoms. The van der Waals surface area contributed by atoms with Crippen LogP contribution >= 0.6 is 0 Å². The molecule has 0 aromatic rings. The third kappa shape index (κ3) is 8.85. The molecule has 0 unspecified atom stereocenters. The molecule has 0 N–H and O–H groups in total. The molecule has 0 aliphatic rings. The van der Waals surface area contributed by atoms with Gasteiger partial charge in [-0.3, -0.25) is 0 Å². The average Bonchev–Trinajstić information content (AvgIpc) is 1.89. The normalized spacial score (nSPS) is 7.70. The number of esters is 1. The van der Waals surface area contributed by atoms with Crippen molar-refractivity contribution in [1.82, 2.24) is 0 Å². The molecule has 0 saturated carbocycles. The molecule has 0 aliphatic heterocycles. The molecule has 3 heteroatoms. The van der Waals surface area contributed by atoms with Crippen LogP contribution in [0.25, 0.3) is 0 Å². The Balaban J connectivity index is 0. The van der Waals surface area contributed by atoms with E-state index in [2.05, 4.69) is 11.3 Å². The van der Waals surface area contributed by atoms with Crippen molar-refractivity contribution in [3.8, 4) is 0 Å². The monoisotopic (exact) mass is 167 g/mol. The van der Waals surface area contributed by atoms with Crippen LogP contribution in [0.4, 0.5) is 0 Å². The quantitative estimate of drug-likeness (QED) is 0.271. The van der Waals surface area contributed by atoms with E-state index in [0.717, 1.165) is 12.8 Å². The van der Waals surface area contributed by atoms with Gasteiger partial charge in [0.15, 0.2) is 0 Å². The Hall–Kier alpha value is 0.846. The van der Waals surface area contributed by atoms with Gasteiger partial charge in [-0.05, 0) is 6.42 Å². The first kappa shape index (κ1) is 13.4. The largest absolute Gasteiger partial charge is 0.463 e. The van der Waals surface area contributed by atoms with E-state index in [4.69, 9.17) is 0 Å². The van der Waals surface area contributed by atoms with Crippen LogP contribution in [0, 0.1) is 0 Å². The van der Waals surface area contributed by atoms with Crippen LogP contribution in [0.1, 0.15) is 19.8 Å². The van der Waals surface area contributed by atoms with E-state index in [1.165, 1.54) is 6.08 Å². The van der Waals surface area contributed by atoms with Crippen LogP contribution in [-0.2, 0) is 9.53 Å². The SMILES string of the molecule is C=CC(=O)OCCCC.[K]. The summed E-state index contributed by atoms with van der Waals surface area (Å²) in [6, 6.07) is 0. The predicted molar refractivity (Wildman–Crippen MR) is 41.8 cm³/mol. The van der Waals surface area contributed by atoms with E-state index in [0.29, 0.717) is 6.61 Å². The van der Waals surface area contributed by atoms with E-state index in [9.17, 15) is 4.79 Å². The summed E-state index contributed by atoms with van der Waals surface area (Å²) in [5.74, 6) is -0.330. The number of carbonyl (C=O) groups is 1. The molecule has 10 heavy (non-hydrogen) atoms. The van der Waals surface area contributed by atoms with Crippen molar-refractivity contribution >= 4 is 57.4 Å². The summed E-state index contributed by atoms with van der Waals surface area (Å²) < 4.78 is 4.67. The third-order valence-electron chi connectivity index (χ3n) is 0.909. The fraction of sp³-hybridized carbons (Fsp3) is 0.571. The van der Waals surface area contributed by atoms with Gasteiger partial charge in [0.1, 0.15) is 0 Å². The first-order chi connectivity index (χ1) is 4.31. The molecule has 0 amide bonds. The number of hydrogen-bond acceptors (Lipinski definition) is 2. The summed E-state index contributed by atoms with van der Waals surface area (Å²) in [5.41, 5.74) is 0. The van der Waals surface area contributed by atoms with Gasteiger partial charge in [-0.2, -0.15) is 0 Å². The van der Waals surface area contributed by atoms with E-state index < -0.39 is 0 Å². The molecule has 0 rings (SSSR count). The van der Waals surface area contributed by atoms with Crippen LogP contribution in [0.2, 0.25) is 0 Å².